The van der Waals surface area contributed by atoms with Crippen LogP contribution in [0.3, 0.4) is 0 Å². The Bertz CT molecular complexity index is 1040. The first-order valence-corrected chi connectivity index (χ1v) is 9.34. The Kier molecular flexibility index (Phi) is 5.08. The second-order valence-electron chi connectivity index (χ2n) is 5.58. The van der Waals surface area contributed by atoms with Gasteiger partial charge in [-0.3, -0.25) is 0 Å². The molecule has 26 heavy (non-hydrogen) atoms. The third-order valence-corrected chi connectivity index (χ3v) is 5.47. The molecule has 0 saturated carbocycles. The van der Waals surface area contributed by atoms with E-state index >= 15 is 0 Å². The number of rotatable bonds is 5. The quantitative estimate of drug-likeness (QED) is 0.717. The second kappa shape index (κ2) is 7.14. The van der Waals surface area contributed by atoms with E-state index in [2.05, 4.69) is 9.71 Å². The summed E-state index contributed by atoms with van der Waals surface area (Å²) in [6, 6.07) is 7.66. The van der Waals surface area contributed by atoms with E-state index in [9.17, 15) is 17.2 Å². The molecular formula is C17H14ClF2N3O2S. The summed E-state index contributed by atoms with van der Waals surface area (Å²) in [5.74, 6) is -1.06. The summed E-state index contributed by atoms with van der Waals surface area (Å²) < 4.78 is 56.8. The minimum absolute atomic E-state index is 0.0839. The lowest BCUT2D eigenvalue weighted by Gasteiger charge is -2.19. The van der Waals surface area contributed by atoms with Crippen molar-refractivity contribution in [2.75, 3.05) is 0 Å². The monoisotopic (exact) mass is 397 g/mol. The number of nitrogens with one attached hydrogen (secondary N) is 1. The third kappa shape index (κ3) is 3.77. The molecule has 136 valence electrons. The Labute approximate surface area is 154 Å². The summed E-state index contributed by atoms with van der Waals surface area (Å²) in [6.45, 7) is 0. The van der Waals surface area contributed by atoms with Crippen LogP contribution in [0.25, 0.3) is 0 Å². The van der Waals surface area contributed by atoms with Crippen LogP contribution >= 0.6 is 11.6 Å². The van der Waals surface area contributed by atoms with E-state index in [0.717, 1.165) is 12.1 Å². The van der Waals surface area contributed by atoms with E-state index < -0.39 is 32.6 Å². The van der Waals surface area contributed by atoms with Gasteiger partial charge in [-0.25, -0.2) is 22.2 Å². The minimum Gasteiger partial charge on any atom is -0.336 e. The molecule has 1 aromatic heterocycles. The number of hydrogen-bond donors (Lipinski definition) is 1. The maximum absolute atomic E-state index is 14.1. The van der Waals surface area contributed by atoms with Crippen molar-refractivity contribution in [3.63, 3.8) is 0 Å². The van der Waals surface area contributed by atoms with Crippen molar-refractivity contribution in [3.05, 3.63) is 82.9 Å². The highest BCUT2D eigenvalue weighted by Gasteiger charge is 2.27. The summed E-state index contributed by atoms with van der Waals surface area (Å²) in [4.78, 5) is 3.62. The predicted octanol–water partition coefficient (Wildman–Crippen LogP) is 3.42. The molecule has 5 nitrogen and oxygen atoms in total. The van der Waals surface area contributed by atoms with Crippen molar-refractivity contribution in [1.82, 2.24) is 14.3 Å². The van der Waals surface area contributed by atoms with E-state index in [1.54, 1.807) is 17.8 Å². The van der Waals surface area contributed by atoms with E-state index in [0.29, 0.717) is 11.4 Å². The molecule has 0 saturated heterocycles. The fourth-order valence-corrected chi connectivity index (χ4v) is 3.89. The number of aromatic nitrogens is 2. The molecule has 1 N–H and O–H groups in total. The topological polar surface area (TPSA) is 64.0 Å². The molecule has 1 unspecified atom stereocenters. The largest absolute Gasteiger partial charge is 0.336 e. The standard InChI is InChI=1S/C17H14ClF2N3O2S/c1-23-9-8-21-17(23)16(11-2-5-13(19)6-3-11)22-26(24,25)15-7-4-12(18)10-14(15)20/h2-10,16,22H,1H3. The lowest BCUT2D eigenvalue weighted by Crippen LogP contribution is -2.31. The highest BCUT2D eigenvalue weighted by Crippen LogP contribution is 2.25. The van der Waals surface area contributed by atoms with Gasteiger partial charge in [-0.1, -0.05) is 23.7 Å². The molecule has 0 aliphatic heterocycles. The Morgan fingerprint density at radius 1 is 1.15 bits per heavy atom. The molecule has 3 aromatic rings. The smallest absolute Gasteiger partial charge is 0.244 e. The molecule has 1 atom stereocenters. The van der Waals surface area contributed by atoms with Gasteiger partial charge in [0.2, 0.25) is 10.0 Å². The lowest BCUT2D eigenvalue weighted by molar-refractivity contribution is 0.544. The van der Waals surface area contributed by atoms with Gasteiger partial charge in [0.15, 0.2) is 0 Å². The van der Waals surface area contributed by atoms with Gasteiger partial charge in [-0.15, -0.1) is 0 Å². The van der Waals surface area contributed by atoms with E-state index in [4.69, 9.17) is 11.6 Å². The van der Waals surface area contributed by atoms with Crippen LogP contribution in [-0.2, 0) is 17.1 Å². The van der Waals surface area contributed by atoms with E-state index in [-0.39, 0.29) is 5.02 Å². The zero-order valence-electron chi connectivity index (χ0n) is 13.5. The van der Waals surface area contributed by atoms with Crippen LogP contribution < -0.4 is 4.72 Å². The predicted molar refractivity (Wildman–Crippen MR) is 93.2 cm³/mol. The van der Waals surface area contributed by atoms with Crippen LogP contribution in [0.1, 0.15) is 17.4 Å². The van der Waals surface area contributed by atoms with Crippen LogP contribution in [0.2, 0.25) is 5.02 Å². The summed E-state index contributed by atoms with van der Waals surface area (Å²) in [7, 11) is -2.55. The summed E-state index contributed by atoms with van der Waals surface area (Å²) in [5, 5.41) is 0.0839. The molecule has 9 heteroatoms. The van der Waals surface area contributed by atoms with E-state index in [1.807, 2.05) is 0 Å². The first-order chi connectivity index (χ1) is 12.3. The van der Waals surface area contributed by atoms with Crippen molar-refractivity contribution in [2.24, 2.45) is 7.05 Å². The van der Waals surface area contributed by atoms with Gasteiger partial charge in [-0.05, 0) is 35.9 Å². The van der Waals surface area contributed by atoms with Crippen molar-refractivity contribution in [2.45, 2.75) is 10.9 Å². The second-order valence-corrected chi connectivity index (χ2v) is 7.70. The Balaban J connectivity index is 2.05. The molecule has 2 aromatic carbocycles. The number of halogens is 3. The lowest BCUT2D eigenvalue weighted by atomic mass is 10.1. The Hall–Kier alpha value is -2.29. The molecule has 0 spiro atoms. The Morgan fingerprint density at radius 2 is 1.85 bits per heavy atom. The summed E-state index contributed by atoms with van der Waals surface area (Å²) in [5.41, 5.74) is 0.457. The van der Waals surface area contributed by atoms with Crippen molar-refractivity contribution in [1.29, 1.82) is 0 Å². The fraction of sp³-hybridized carbons (Fsp3) is 0.118. The number of sulfonamides is 1. The zero-order chi connectivity index (χ0) is 18.9. The van der Waals surface area contributed by atoms with Gasteiger partial charge in [0.1, 0.15) is 28.4 Å². The first kappa shape index (κ1) is 18.5. The van der Waals surface area contributed by atoms with Crippen LogP contribution in [0.4, 0.5) is 8.78 Å². The van der Waals surface area contributed by atoms with Crippen LogP contribution in [0.5, 0.6) is 0 Å². The number of aryl methyl sites for hydroxylation is 1. The normalized spacial score (nSPS) is 12.9. The average Bonchev–Trinajstić information content (AvgIpc) is 2.99. The maximum Gasteiger partial charge on any atom is 0.244 e. The first-order valence-electron chi connectivity index (χ1n) is 7.48. The average molecular weight is 398 g/mol. The zero-order valence-corrected chi connectivity index (χ0v) is 15.1. The van der Waals surface area contributed by atoms with Crippen molar-refractivity contribution in [3.8, 4) is 0 Å². The van der Waals surface area contributed by atoms with Crippen molar-refractivity contribution < 1.29 is 17.2 Å². The minimum atomic E-state index is -4.24. The molecule has 0 fully saturated rings. The highest BCUT2D eigenvalue weighted by molar-refractivity contribution is 7.89. The van der Waals surface area contributed by atoms with Gasteiger partial charge in [0, 0.05) is 24.5 Å². The van der Waals surface area contributed by atoms with Crippen LogP contribution in [-0.4, -0.2) is 18.0 Å². The van der Waals surface area contributed by atoms with Gasteiger partial charge in [-0.2, -0.15) is 4.72 Å². The Morgan fingerprint density at radius 3 is 2.42 bits per heavy atom. The number of benzene rings is 2. The molecule has 0 amide bonds. The maximum atomic E-state index is 14.1. The summed E-state index contributed by atoms with van der Waals surface area (Å²) >= 11 is 5.68. The van der Waals surface area contributed by atoms with Crippen LogP contribution in [0.15, 0.2) is 59.8 Å². The molecule has 1 heterocycles. The fourth-order valence-electron chi connectivity index (χ4n) is 2.49. The van der Waals surface area contributed by atoms with E-state index in [1.165, 1.54) is 36.5 Å². The highest BCUT2D eigenvalue weighted by atomic mass is 35.5. The molecular weight excluding hydrogens is 384 g/mol. The van der Waals surface area contributed by atoms with Gasteiger partial charge in [0.05, 0.1) is 0 Å². The third-order valence-electron chi connectivity index (χ3n) is 3.78. The number of hydrogen-bond acceptors (Lipinski definition) is 3. The molecule has 0 radical (unpaired) electrons. The van der Waals surface area contributed by atoms with Gasteiger partial charge < -0.3 is 4.57 Å². The number of nitrogens with zero attached hydrogens (tertiary/aromatic N) is 2. The van der Waals surface area contributed by atoms with Gasteiger partial charge in [0.25, 0.3) is 0 Å². The summed E-state index contributed by atoms with van der Waals surface area (Å²) in [6.07, 6.45) is 3.14. The molecule has 0 aliphatic carbocycles. The molecule has 0 bridgehead atoms. The number of imidazole rings is 1. The van der Waals surface area contributed by atoms with Crippen molar-refractivity contribution >= 4 is 21.6 Å². The van der Waals surface area contributed by atoms with Gasteiger partial charge >= 0.3 is 0 Å². The molecule has 0 aliphatic rings. The SMILES string of the molecule is Cn1ccnc1C(NS(=O)(=O)c1ccc(Cl)cc1F)c1ccc(F)cc1. The molecule has 3 rings (SSSR count). The van der Waals surface area contributed by atoms with Crippen LogP contribution in [0, 0.1) is 11.6 Å².